The first kappa shape index (κ1) is 29.1. The van der Waals surface area contributed by atoms with Crippen molar-refractivity contribution in [1.29, 1.82) is 0 Å². The van der Waals surface area contributed by atoms with Gasteiger partial charge in [0.2, 0.25) is 17.7 Å². The Balaban J connectivity index is 2.18. The van der Waals surface area contributed by atoms with Crippen molar-refractivity contribution in [2.24, 2.45) is 11.3 Å². The maximum Gasteiger partial charge on any atom is 0.396 e. The van der Waals surface area contributed by atoms with Gasteiger partial charge in [-0.1, -0.05) is 51.1 Å². The van der Waals surface area contributed by atoms with Crippen molar-refractivity contribution in [2.45, 2.75) is 70.6 Å². The van der Waals surface area contributed by atoms with Crippen molar-refractivity contribution in [3.63, 3.8) is 0 Å². The molecule has 1 unspecified atom stereocenters. The van der Waals surface area contributed by atoms with Gasteiger partial charge in [-0.2, -0.15) is 13.2 Å². The third-order valence-corrected chi connectivity index (χ3v) is 5.94. The summed E-state index contributed by atoms with van der Waals surface area (Å²) >= 11 is 0. The number of methoxy groups -OCH3 is 1. The zero-order valence-corrected chi connectivity index (χ0v) is 20.9. The summed E-state index contributed by atoms with van der Waals surface area (Å²) in [4.78, 5) is 50.1. The summed E-state index contributed by atoms with van der Waals surface area (Å²) in [7, 11) is 1.14. The molecule has 3 amide bonds. The summed E-state index contributed by atoms with van der Waals surface area (Å²) in [5, 5.41) is 7.61. The maximum absolute atomic E-state index is 13.7. The van der Waals surface area contributed by atoms with Crippen molar-refractivity contribution in [2.75, 3.05) is 13.7 Å². The van der Waals surface area contributed by atoms with Crippen molar-refractivity contribution in [3.8, 4) is 0 Å². The summed E-state index contributed by atoms with van der Waals surface area (Å²) in [6, 6.07) is 4.73. The Kier molecular flexibility index (Phi) is 9.89. The molecule has 0 saturated carbocycles. The number of hydrogen-bond donors (Lipinski definition) is 3. The summed E-state index contributed by atoms with van der Waals surface area (Å²) in [5.74, 6) is -5.23. The molecule has 200 valence electrons. The third kappa shape index (κ3) is 8.83. The number of alkyl halides is 3. The summed E-state index contributed by atoms with van der Waals surface area (Å²) < 4.78 is 45.9. The number of carbonyl (C=O) groups excluding carboxylic acids is 4. The van der Waals surface area contributed by atoms with Crippen molar-refractivity contribution < 1.29 is 37.1 Å². The van der Waals surface area contributed by atoms with Gasteiger partial charge in [-0.05, 0) is 30.2 Å². The number of halogens is 3. The van der Waals surface area contributed by atoms with E-state index in [1.807, 2.05) is 20.8 Å². The fourth-order valence-corrected chi connectivity index (χ4v) is 4.15. The molecule has 1 fully saturated rings. The Hall–Kier alpha value is -3.11. The average Bonchev–Trinajstić information content (AvgIpc) is 3.19. The monoisotopic (exact) mass is 513 g/mol. The van der Waals surface area contributed by atoms with E-state index in [0.29, 0.717) is 13.0 Å². The van der Waals surface area contributed by atoms with E-state index in [0.717, 1.165) is 7.11 Å². The first-order valence-electron chi connectivity index (χ1n) is 11.8. The lowest BCUT2D eigenvalue weighted by atomic mass is 9.87. The van der Waals surface area contributed by atoms with E-state index in [9.17, 15) is 32.3 Å². The van der Waals surface area contributed by atoms with Crippen LogP contribution in [0.4, 0.5) is 13.2 Å². The highest BCUT2D eigenvalue weighted by molar-refractivity contribution is 5.91. The van der Waals surface area contributed by atoms with Crippen LogP contribution in [0.3, 0.4) is 0 Å². The second kappa shape index (κ2) is 12.2. The molecule has 1 heterocycles. The number of hydrogen-bond acceptors (Lipinski definition) is 5. The van der Waals surface area contributed by atoms with Gasteiger partial charge >= 0.3 is 12.1 Å². The number of rotatable bonds is 10. The van der Waals surface area contributed by atoms with Gasteiger partial charge in [0.1, 0.15) is 12.1 Å². The molecule has 1 aliphatic heterocycles. The van der Waals surface area contributed by atoms with Crippen LogP contribution in [0.15, 0.2) is 30.3 Å². The highest BCUT2D eigenvalue weighted by atomic mass is 19.4. The largest absolute Gasteiger partial charge is 0.467 e. The SMILES string of the molecule is COC(=O)[C@H](C[C@@H]1CCNC1=O)NC(=O)[C@H](CC(C)(C)C)NC(=O)CC(c1ccccc1)C(F)(F)F. The van der Waals surface area contributed by atoms with Crippen LogP contribution in [0.25, 0.3) is 0 Å². The second-order valence-corrected chi connectivity index (χ2v) is 10.2. The van der Waals surface area contributed by atoms with Gasteiger partial charge in [-0.15, -0.1) is 0 Å². The lowest BCUT2D eigenvalue weighted by Crippen LogP contribution is -2.53. The van der Waals surface area contributed by atoms with Gasteiger partial charge in [0.05, 0.1) is 13.0 Å². The molecule has 2 rings (SSSR count). The quantitative estimate of drug-likeness (QED) is 0.417. The normalized spacial score (nSPS) is 18.5. The molecule has 0 aromatic heterocycles. The van der Waals surface area contributed by atoms with Gasteiger partial charge in [0.25, 0.3) is 0 Å². The van der Waals surface area contributed by atoms with E-state index in [2.05, 4.69) is 16.0 Å². The topological polar surface area (TPSA) is 114 Å². The van der Waals surface area contributed by atoms with Crippen LogP contribution >= 0.6 is 0 Å². The Bertz CT molecular complexity index is 931. The van der Waals surface area contributed by atoms with E-state index in [4.69, 9.17) is 4.74 Å². The first-order valence-corrected chi connectivity index (χ1v) is 11.8. The van der Waals surface area contributed by atoms with Crippen LogP contribution in [-0.4, -0.2) is 55.6 Å². The molecule has 0 radical (unpaired) electrons. The predicted molar refractivity (Wildman–Crippen MR) is 126 cm³/mol. The number of esters is 1. The Labute approximate surface area is 208 Å². The molecule has 8 nitrogen and oxygen atoms in total. The number of nitrogens with one attached hydrogen (secondary N) is 3. The Morgan fingerprint density at radius 3 is 2.22 bits per heavy atom. The van der Waals surface area contributed by atoms with E-state index in [1.54, 1.807) is 6.07 Å². The number of carbonyl (C=O) groups is 4. The lowest BCUT2D eigenvalue weighted by Gasteiger charge is -2.29. The average molecular weight is 514 g/mol. The number of benzene rings is 1. The standard InChI is InChI=1S/C25H34F3N3O5/c1-24(2,3)14-19(22(34)31-18(23(35)36-4)12-16-10-11-29-21(16)33)30-20(32)13-17(25(26,27)28)15-8-6-5-7-9-15/h5-9,16-19H,10-14H2,1-4H3,(H,29,33)(H,30,32)(H,31,34)/t16-,17?,18-,19-/m0/s1. The van der Waals surface area contributed by atoms with Gasteiger partial charge in [-0.3, -0.25) is 14.4 Å². The fourth-order valence-electron chi connectivity index (χ4n) is 4.15. The fraction of sp³-hybridized carbons (Fsp3) is 0.600. The molecule has 4 atom stereocenters. The van der Waals surface area contributed by atoms with E-state index in [1.165, 1.54) is 24.3 Å². The molecule has 1 saturated heterocycles. The molecule has 36 heavy (non-hydrogen) atoms. The second-order valence-electron chi connectivity index (χ2n) is 10.2. The molecule has 3 N–H and O–H groups in total. The van der Waals surface area contributed by atoms with Gasteiger partial charge in [0.15, 0.2) is 0 Å². The summed E-state index contributed by atoms with van der Waals surface area (Å²) in [6.45, 7) is 5.88. The minimum atomic E-state index is -4.67. The molecule has 11 heteroatoms. The van der Waals surface area contributed by atoms with Crippen LogP contribution < -0.4 is 16.0 Å². The smallest absolute Gasteiger partial charge is 0.396 e. The molecule has 1 aromatic rings. The predicted octanol–water partition coefficient (Wildman–Crippen LogP) is 2.83. The third-order valence-electron chi connectivity index (χ3n) is 5.94. The number of ether oxygens (including phenoxy) is 1. The van der Waals surface area contributed by atoms with Crippen LogP contribution in [-0.2, 0) is 23.9 Å². The lowest BCUT2D eigenvalue weighted by molar-refractivity contribution is -0.157. The van der Waals surface area contributed by atoms with E-state index >= 15 is 0 Å². The molecule has 0 aliphatic carbocycles. The molecule has 1 aromatic carbocycles. The molecular formula is C25H34F3N3O5. The highest BCUT2D eigenvalue weighted by Gasteiger charge is 2.42. The van der Waals surface area contributed by atoms with Gasteiger partial charge in [0, 0.05) is 18.9 Å². The van der Waals surface area contributed by atoms with Gasteiger partial charge < -0.3 is 20.7 Å². The van der Waals surface area contributed by atoms with Crippen LogP contribution in [0, 0.1) is 11.3 Å². The van der Waals surface area contributed by atoms with Gasteiger partial charge in [-0.25, -0.2) is 4.79 Å². The van der Waals surface area contributed by atoms with Crippen molar-refractivity contribution in [1.82, 2.24) is 16.0 Å². The van der Waals surface area contributed by atoms with E-state index in [-0.39, 0.29) is 24.3 Å². The van der Waals surface area contributed by atoms with E-state index < -0.39 is 59.7 Å². The minimum Gasteiger partial charge on any atom is -0.467 e. The zero-order valence-electron chi connectivity index (χ0n) is 20.9. The molecular weight excluding hydrogens is 479 g/mol. The zero-order chi connectivity index (χ0) is 27.1. The Morgan fingerprint density at radius 1 is 1.08 bits per heavy atom. The van der Waals surface area contributed by atoms with Crippen molar-refractivity contribution in [3.05, 3.63) is 35.9 Å². The van der Waals surface area contributed by atoms with Crippen LogP contribution in [0.1, 0.15) is 57.9 Å². The molecule has 0 bridgehead atoms. The summed E-state index contributed by atoms with van der Waals surface area (Å²) in [6.07, 6.45) is -4.97. The van der Waals surface area contributed by atoms with Crippen molar-refractivity contribution >= 4 is 23.7 Å². The highest BCUT2D eigenvalue weighted by Crippen LogP contribution is 2.37. The number of amides is 3. The summed E-state index contributed by atoms with van der Waals surface area (Å²) in [5.41, 5.74) is -0.540. The first-order chi connectivity index (χ1) is 16.7. The Morgan fingerprint density at radius 2 is 1.72 bits per heavy atom. The van der Waals surface area contributed by atoms with Crippen LogP contribution in [0.5, 0.6) is 0 Å². The maximum atomic E-state index is 13.7. The van der Waals surface area contributed by atoms with Crippen LogP contribution in [0.2, 0.25) is 0 Å². The molecule has 0 spiro atoms. The molecule has 1 aliphatic rings. The minimum absolute atomic E-state index is 0.00455.